The third-order valence-electron chi connectivity index (χ3n) is 3.45. The zero-order chi connectivity index (χ0) is 16.8. The van der Waals surface area contributed by atoms with Gasteiger partial charge < -0.3 is 14.8 Å². The van der Waals surface area contributed by atoms with Crippen molar-refractivity contribution in [3.8, 4) is 11.5 Å². The van der Waals surface area contributed by atoms with E-state index < -0.39 is 0 Å². The molecule has 0 aliphatic rings. The van der Waals surface area contributed by atoms with Gasteiger partial charge in [0.1, 0.15) is 17.8 Å². The predicted molar refractivity (Wildman–Crippen MR) is 89.3 cm³/mol. The van der Waals surface area contributed by atoms with E-state index in [4.69, 9.17) is 9.47 Å². The first-order valence-corrected chi connectivity index (χ1v) is 7.61. The molecule has 0 atom stereocenters. The van der Waals surface area contributed by atoms with E-state index in [0.29, 0.717) is 25.1 Å². The van der Waals surface area contributed by atoms with Crippen LogP contribution in [-0.4, -0.2) is 34.2 Å². The van der Waals surface area contributed by atoms with E-state index >= 15 is 0 Å². The molecule has 7 nitrogen and oxygen atoms in total. The molecule has 24 heavy (non-hydrogen) atoms. The van der Waals surface area contributed by atoms with Gasteiger partial charge in [-0.2, -0.15) is 0 Å². The number of nitrogens with one attached hydrogen (secondary N) is 1. The number of hydrogen-bond acceptors (Lipinski definition) is 5. The Kier molecular flexibility index (Phi) is 4.90. The van der Waals surface area contributed by atoms with Crippen molar-refractivity contribution in [2.75, 3.05) is 19.0 Å². The molecule has 2 heterocycles. The van der Waals surface area contributed by atoms with Crippen LogP contribution >= 0.6 is 0 Å². The molecule has 0 aliphatic carbocycles. The predicted octanol–water partition coefficient (Wildman–Crippen LogP) is 2.54. The summed E-state index contributed by atoms with van der Waals surface area (Å²) in [4.78, 5) is 12.0. The van der Waals surface area contributed by atoms with Crippen LogP contribution in [0.1, 0.15) is 12.8 Å². The Balaban J connectivity index is 1.41. The minimum absolute atomic E-state index is 0.0549. The molecule has 0 aliphatic heterocycles. The highest BCUT2D eigenvalue weighted by Crippen LogP contribution is 2.17. The van der Waals surface area contributed by atoms with Gasteiger partial charge >= 0.3 is 0 Å². The third kappa shape index (κ3) is 4.01. The van der Waals surface area contributed by atoms with Crippen molar-refractivity contribution in [2.45, 2.75) is 12.8 Å². The number of amides is 1. The Morgan fingerprint density at radius 2 is 1.96 bits per heavy atom. The van der Waals surface area contributed by atoms with Gasteiger partial charge in [-0.1, -0.05) is 0 Å². The minimum Gasteiger partial charge on any atom is -0.497 e. The van der Waals surface area contributed by atoms with Crippen molar-refractivity contribution < 1.29 is 14.3 Å². The van der Waals surface area contributed by atoms with Gasteiger partial charge in [0.25, 0.3) is 0 Å². The molecule has 0 unspecified atom stereocenters. The number of nitrogens with zero attached hydrogens (tertiary/aromatic N) is 3. The number of fused-ring (bicyclic) bond motifs is 1. The highest BCUT2D eigenvalue weighted by atomic mass is 16.5. The lowest BCUT2D eigenvalue weighted by Crippen LogP contribution is -2.13. The highest BCUT2D eigenvalue weighted by Gasteiger charge is 2.04. The normalized spacial score (nSPS) is 10.5. The van der Waals surface area contributed by atoms with Crippen LogP contribution in [0, 0.1) is 0 Å². The van der Waals surface area contributed by atoms with E-state index in [1.807, 2.05) is 24.3 Å². The number of benzene rings is 1. The number of ether oxygens (including phenoxy) is 2. The number of anilines is 1. The zero-order valence-electron chi connectivity index (χ0n) is 13.3. The first kappa shape index (κ1) is 15.8. The van der Waals surface area contributed by atoms with Gasteiger partial charge in [0.2, 0.25) is 5.91 Å². The Morgan fingerprint density at radius 1 is 1.17 bits per heavy atom. The summed E-state index contributed by atoms with van der Waals surface area (Å²) in [5.41, 5.74) is 1.45. The molecule has 0 fully saturated rings. The summed E-state index contributed by atoms with van der Waals surface area (Å²) in [6, 6.07) is 11.0. The second-order valence-corrected chi connectivity index (χ2v) is 5.19. The SMILES string of the molecule is COc1ccc(OCCCC(=O)Nc2ccc3nncn3c2)cc1. The molecule has 1 aromatic carbocycles. The van der Waals surface area contributed by atoms with Crippen LogP contribution in [0.5, 0.6) is 11.5 Å². The fourth-order valence-electron chi connectivity index (χ4n) is 2.22. The van der Waals surface area contributed by atoms with Crippen molar-refractivity contribution in [3.63, 3.8) is 0 Å². The first-order chi connectivity index (χ1) is 11.7. The number of hydrogen-bond donors (Lipinski definition) is 1. The zero-order valence-corrected chi connectivity index (χ0v) is 13.3. The minimum atomic E-state index is -0.0549. The summed E-state index contributed by atoms with van der Waals surface area (Å²) in [5.74, 6) is 1.49. The standard InChI is InChI=1S/C17H18N4O3/c1-23-14-5-7-15(8-6-14)24-10-2-3-17(22)19-13-4-9-16-20-18-12-21(16)11-13/h4-9,11-12H,2-3,10H2,1H3,(H,19,22). The Bertz CT molecular complexity index is 814. The van der Waals surface area contributed by atoms with Crippen molar-refractivity contribution in [2.24, 2.45) is 0 Å². The number of aromatic nitrogens is 3. The number of pyridine rings is 1. The van der Waals surface area contributed by atoms with Gasteiger partial charge in [-0.15, -0.1) is 10.2 Å². The third-order valence-corrected chi connectivity index (χ3v) is 3.45. The maximum atomic E-state index is 12.0. The number of methoxy groups -OCH3 is 1. The molecule has 0 radical (unpaired) electrons. The number of carbonyl (C=O) groups excluding carboxylic acids is 1. The van der Waals surface area contributed by atoms with Crippen LogP contribution in [0.4, 0.5) is 5.69 Å². The van der Waals surface area contributed by atoms with E-state index in [9.17, 15) is 4.79 Å². The quantitative estimate of drug-likeness (QED) is 0.675. The summed E-state index contributed by atoms with van der Waals surface area (Å²) < 4.78 is 12.4. The molecule has 0 saturated carbocycles. The van der Waals surface area contributed by atoms with Gasteiger partial charge in [-0.25, -0.2) is 0 Å². The molecule has 0 saturated heterocycles. The summed E-state index contributed by atoms with van der Waals surface area (Å²) in [7, 11) is 1.62. The van der Waals surface area contributed by atoms with Crippen LogP contribution in [0.2, 0.25) is 0 Å². The summed E-state index contributed by atoms with van der Waals surface area (Å²) >= 11 is 0. The molecule has 0 spiro atoms. The monoisotopic (exact) mass is 326 g/mol. The second-order valence-electron chi connectivity index (χ2n) is 5.19. The highest BCUT2D eigenvalue weighted by molar-refractivity contribution is 5.90. The maximum Gasteiger partial charge on any atom is 0.224 e. The Morgan fingerprint density at radius 3 is 2.75 bits per heavy atom. The summed E-state index contributed by atoms with van der Waals surface area (Å²) in [6.07, 6.45) is 4.39. The Labute approximate surface area is 139 Å². The van der Waals surface area contributed by atoms with E-state index in [1.165, 1.54) is 0 Å². The maximum absolute atomic E-state index is 12.0. The van der Waals surface area contributed by atoms with Crippen molar-refractivity contribution in [3.05, 3.63) is 48.9 Å². The van der Waals surface area contributed by atoms with Gasteiger partial charge in [-0.3, -0.25) is 9.20 Å². The lowest BCUT2D eigenvalue weighted by atomic mass is 10.3. The van der Waals surface area contributed by atoms with E-state index in [0.717, 1.165) is 17.1 Å². The second kappa shape index (κ2) is 7.45. The molecule has 3 rings (SSSR count). The Hall–Kier alpha value is -3.09. The molecule has 2 aromatic heterocycles. The fraction of sp³-hybridized carbons (Fsp3) is 0.235. The molecule has 1 N–H and O–H groups in total. The lowest BCUT2D eigenvalue weighted by molar-refractivity contribution is -0.116. The topological polar surface area (TPSA) is 77.8 Å². The number of rotatable bonds is 7. The number of carbonyl (C=O) groups is 1. The molecule has 0 bridgehead atoms. The molecule has 124 valence electrons. The van der Waals surface area contributed by atoms with Crippen LogP contribution in [0.15, 0.2) is 48.9 Å². The van der Waals surface area contributed by atoms with Crippen molar-refractivity contribution in [1.82, 2.24) is 14.6 Å². The molecular weight excluding hydrogens is 308 g/mol. The van der Waals surface area contributed by atoms with Gasteiger partial charge in [0.05, 0.1) is 19.4 Å². The van der Waals surface area contributed by atoms with Crippen LogP contribution < -0.4 is 14.8 Å². The fourth-order valence-corrected chi connectivity index (χ4v) is 2.22. The van der Waals surface area contributed by atoms with Crippen LogP contribution in [0.25, 0.3) is 5.65 Å². The van der Waals surface area contributed by atoms with Crippen LogP contribution in [0.3, 0.4) is 0 Å². The largest absolute Gasteiger partial charge is 0.497 e. The summed E-state index contributed by atoms with van der Waals surface area (Å²) in [6.45, 7) is 0.476. The first-order valence-electron chi connectivity index (χ1n) is 7.61. The average Bonchev–Trinajstić information content (AvgIpc) is 3.07. The van der Waals surface area contributed by atoms with E-state index in [2.05, 4.69) is 15.5 Å². The van der Waals surface area contributed by atoms with Gasteiger partial charge in [0, 0.05) is 12.6 Å². The smallest absolute Gasteiger partial charge is 0.224 e. The van der Waals surface area contributed by atoms with Gasteiger partial charge in [0.15, 0.2) is 5.65 Å². The molecule has 1 amide bonds. The summed E-state index contributed by atoms with van der Waals surface area (Å²) in [5, 5.41) is 10.6. The lowest BCUT2D eigenvalue weighted by Gasteiger charge is -2.08. The van der Waals surface area contributed by atoms with Crippen molar-refractivity contribution >= 4 is 17.2 Å². The van der Waals surface area contributed by atoms with Gasteiger partial charge in [-0.05, 0) is 42.8 Å². The molecule has 7 heteroatoms. The van der Waals surface area contributed by atoms with E-state index in [-0.39, 0.29) is 5.91 Å². The van der Waals surface area contributed by atoms with Crippen molar-refractivity contribution in [1.29, 1.82) is 0 Å². The van der Waals surface area contributed by atoms with Crippen LogP contribution in [-0.2, 0) is 4.79 Å². The average molecular weight is 326 g/mol. The molecular formula is C17H18N4O3. The molecule has 3 aromatic rings. The van der Waals surface area contributed by atoms with E-state index in [1.54, 1.807) is 36.2 Å².